The Bertz CT molecular complexity index is 450. The lowest BCUT2D eigenvalue weighted by atomic mass is 9.84. The van der Waals surface area contributed by atoms with E-state index in [4.69, 9.17) is 9.84 Å². The molecule has 10 heteroatoms. The van der Waals surface area contributed by atoms with Gasteiger partial charge in [0, 0.05) is 12.8 Å². The van der Waals surface area contributed by atoms with Crippen LogP contribution in [0.2, 0.25) is 0 Å². The van der Waals surface area contributed by atoms with Crippen molar-refractivity contribution in [1.82, 2.24) is 0 Å². The second-order valence-electron chi connectivity index (χ2n) is 6.75. The number of alkyl halides is 6. The molecule has 0 spiro atoms. The highest BCUT2D eigenvalue weighted by molar-refractivity contribution is 5.81. The van der Waals surface area contributed by atoms with Gasteiger partial charge >= 0.3 is 24.3 Å². The van der Waals surface area contributed by atoms with E-state index in [2.05, 4.69) is 0 Å². The number of aliphatic carboxylic acids is 1. The van der Waals surface area contributed by atoms with Crippen molar-refractivity contribution < 1.29 is 45.8 Å². The van der Waals surface area contributed by atoms with Crippen LogP contribution in [0.3, 0.4) is 0 Å². The van der Waals surface area contributed by atoms with E-state index in [1.165, 1.54) is 20.8 Å². The molecule has 0 aliphatic heterocycles. The second-order valence-corrected chi connectivity index (χ2v) is 6.75. The van der Waals surface area contributed by atoms with Gasteiger partial charge in [0.25, 0.3) is 0 Å². The molecule has 0 heterocycles. The zero-order valence-corrected chi connectivity index (χ0v) is 14.1. The van der Waals surface area contributed by atoms with Gasteiger partial charge in [0.15, 0.2) is 0 Å². The van der Waals surface area contributed by atoms with E-state index in [-0.39, 0.29) is 0 Å². The number of ether oxygens (including phenoxy) is 1. The molecule has 0 aliphatic rings. The maximum absolute atomic E-state index is 12.4. The Hall–Kier alpha value is -1.48. The van der Waals surface area contributed by atoms with E-state index in [9.17, 15) is 35.9 Å². The smallest absolute Gasteiger partial charge is 0.389 e. The van der Waals surface area contributed by atoms with Crippen molar-refractivity contribution in [2.45, 2.75) is 70.8 Å². The summed E-state index contributed by atoms with van der Waals surface area (Å²) in [6, 6.07) is 0. The van der Waals surface area contributed by atoms with Gasteiger partial charge in [0.1, 0.15) is 5.60 Å². The molecule has 25 heavy (non-hydrogen) atoms. The van der Waals surface area contributed by atoms with Crippen molar-refractivity contribution in [1.29, 1.82) is 0 Å². The lowest BCUT2D eigenvalue weighted by molar-refractivity contribution is -0.171. The molecule has 4 nitrogen and oxygen atoms in total. The summed E-state index contributed by atoms with van der Waals surface area (Å²) in [5.74, 6) is -6.14. The first-order chi connectivity index (χ1) is 11.0. The summed E-state index contributed by atoms with van der Waals surface area (Å²) in [6.45, 7) is 4.38. The van der Waals surface area contributed by atoms with E-state index in [0.29, 0.717) is 0 Å². The molecular weight excluding hydrogens is 358 g/mol. The number of hydrogen-bond donors (Lipinski definition) is 1. The van der Waals surface area contributed by atoms with E-state index >= 15 is 0 Å². The van der Waals surface area contributed by atoms with E-state index in [0.717, 1.165) is 0 Å². The summed E-state index contributed by atoms with van der Waals surface area (Å²) in [7, 11) is 0. The predicted molar refractivity (Wildman–Crippen MR) is 75.7 cm³/mol. The molecule has 0 aromatic heterocycles. The summed E-state index contributed by atoms with van der Waals surface area (Å²) in [6.07, 6.45) is -13.9. The molecule has 0 saturated heterocycles. The summed E-state index contributed by atoms with van der Waals surface area (Å²) in [5.41, 5.74) is -1.05. The molecule has 0 saturated carbocycles. The Morgan fingerprint density at radius 2 is 1.36 bits per heavy atom. The maximum Gasteiger partial charge on any atom is 0.389 e. The molecule has 0 bridgehead atoms. The predicted octanol–water partition coefficient (Wildman–Crippen LogP) is 4.72. The number of rotatable bonds is 8. The third-order valence-electron chi connectivity index (χ3n) is 3.23. The third kappa shape index (κ3) is 11.7. The van der Waals surface area contributed by atoms with Crippen molar-refractivity contribution in [3.05, 3.63) is 0 Å². The molecule has 0 aromatic carbocycles. The Morgan fingerprint density at radius 3 is 1.72 bits per heavy atom. The fourth-order valence-electron chi connectivity index (χ4n) is 2.20. The largest absolute Gasteiger partial charge is 0.481 e. The van der Waals surface area contributed by atoms with Crippen LogP contribution in [-0.4, -0.2) is 35.0 Å². The molecule has 0 aromatic rings. The van der Waals surface area contributed by atoms with Crippen LogP contribution in [0.25, 0.3) is 0 Å². The van der Waals surface area contributed by atoms with Crippen LogP contribution in [0.5, 0.6) is 0 Å². The van der Waals surface area contributed by atoms with Gasteiger partial charge in [-0.2, -0.15) is 26.3 Å². The SMILES string of the molecule is CC(C)(C)OC(=O)[C@H](CCCC(F)(F)F)[C@@H](CCC(F)(F)F)C(=O)O. The molecule has 2 atom stereocenters. The van der Waals surface area contributed by atoms with Crippen LogP contribution >= 0.6 is 0 Å². The zero-order valence-electron chi connectivity index (χ0n) is 14.1. The van der Waals surface area contributed by atoms with Crippen LogP contribution in [0.4, 0.5) is 26.3 Å². The highest BCUT2D eigenvalue weighted by Crippen LogP contribution is 2.33. The number of hydrogen-bond acceptors (Lipinski definition) is 3. The number of carbonyl (C=O) groups excluding carboxylic acids is 1. The third-order valence-corrected chi connectivity index (χ3v) is 3.23. The highest BCUT2D eigenvalue weighted by Gasteiger charge is 2.40. The van der Waals surface area contributed by atoms with Gasteiger partial charge in [-0.3, -0.25) is 9.59 Å². The monoisotopic (exact) mass is 380 g/mol. The minimum atomic E-state index is -4.64. The minimum absolute atomic E-state index is 0.525. The Kier molecular flexibility index (Phi) is 8.23. The lowest BCUT2D eigenvalue weighted by Crippen LogP contribution is -2.36. The average molecular weight is 380 g/mol. The van der Waals surface area contributed by atoms with Crippen molar-refractivity contribution >= 4 is 11.9 Å². The summed E-state index contributed by atoms with van der Waals surface area (Å²) in [4.78, 5) is 23.4. The minimum Gasteiger partial charge on any atom is -0.481 e. The zero-order chi connectivity index (χ0) is 20.1. The van der Waals surface area contributed by atoms with Crippen LogP contribution in [-0.2, 0) is 14.3 Å². The molecule has 0 unspecified atom stereocenters. The van der Waals surface area contributed by atoms with Gasteiger partial charge in [0.2, 0.25) is 0 Å². The Morgan fingerprint density at radius 1 is 0.880 bits per heavy atom. The quantitative estimate of drug-likeness (QED) is 0.489. The van der Waals surface area contributed by atoms with Gasteiger partial charge in [-0.25, -0.2) is 0 Å². The highest BCUT2D eigenvalue weighted by atomic mass is 19.4. The van der Waals surface area contributed by atoms with Crippen molar-refractivity contribution in [3.63, 3.8) is 0 Å². The van der Waals surface area contributed by atoms with Gasteiger partial charge in [-0.1, -0.05) is 0 Å². The fraction of sp³-hybridized carbons (Fsp3) is 0.867. The van der Waals surface area contributed by atoms with Crippen LogP contribution in [0.1, 0.15) is 52.9 Å². The first kappa shape index (κ1) is 23.5. The Balaban J connectivity index is 5.26. The second kappa shape index (κ2) is 8.75. The standard InChI is InChI=1S/C15H22F6O4/c1-13(2,3)25-12(24)10(5-4-7-14(16,17)18)9(11(22)23)6-8-15(19,20)21/h9-10H,4-8H2,1-3H3,(H,22,23)/t9-,10-/m1/s1. The topological polar surface area (TPSA) is 63.6 Å². The number of carboxylic acid groups (broad SMARTS) is 1. The molecular formula is C15H22F6O4. The number of carbonyl (C=O) groups is 2. The van der Waals surface area contributed by atoms with E-state index in [1.807, 2.05) is 0 Å². The molecule has 0 radical (unpaired) electrons. The number of carboxylic acids is 1. The molecule has 0 rings (SSSR count). The fourth-order valence-corrected chi connectivity index (χ4v) is 2.20. The molecule has 0 aliphatic carbocycles. The average Bonchev–Trinajstić information content (AvgIpc) is 2.31. The van der Waals surface area contributed by atoms with Crippen LogP contribution < -0.4 is 0 Å². The van der Waals surface area contributed by atoms with Gasteiger partial charge in [0.05, 0.1) is 11.8 Å². The van der Waals surface area contributed by atoms with Crippen molar-refractivity contribution in [3.8, 4) is 0 Å². The van der Waals surface area contributed by atoms with Crippen molar-refractivity contribution in [2.24, 2.45) is 11.8 Å². The van der Waals surface area contributed by atoms with Crippen LogP contribution in [0, 0.1) is 11.8 Å². The van der Waals surface area contributed by atoms with Gasteiger partial charge in [-0.15, -0.1) is 0 Å². The molecule has 0 amide bonds. The number of esters is 1. The summed E-state index contributed by atoms with van der Waals surface area (Å²) >= 11 is 0. The number of halogens is 6. The summed E-state index contributed by atoms with van der Waals surface area (Å²) in [5, 5.41) is 9.15. The molecule has 1 N–H and O–H groups in total. The van der Waals surface area contributed by atoms with Crippen LogP contribution in [0.15, 0.2) is 0 Å². The normalized spacial score (nSPS) is 15.6. The first-order valence-electron chi connectivity index (χ1n) is 7.61. The van der Waals surface area contributed by atoms with Gasteiger partial charge in [-0.05, 0) is 40.0 Å². The summed E-state index contributed by atoms with van der Waals surface area (Å²) < 4.78 is 78.9. The van der Waals surface area contributed by atoms with Crippen molar-refractivity contribution in [2.75, 3.05) is 0 Å². The molecule has 148 valence electrons. The van der Waals surface area contributed by atoms with Gasteiger partial charge < -0.3 is 9.84 Å². The first-order valence-corrected chi connectivity index (χ1v) is 7.61. The van der Waals surface area contributed by atoms with E-state index in [1.54, 1.807) is 0 Å². The maximum atomic E-state index is 12.4. The van der Waals surface area contributed by atoms with E-state index < -0.39 is 73.8 Å². The Labute approximate surface area is 141 Å². The lowest BCUT2D eigenvalue weighted by Gasteiger charge is -2.27. The molecule has 0 fully saturated rings.